The molecule has 0 aliphatic carbocycles. The number of hydrogen-bond acceptors (Lipinski definition) is 4. The Balaban J connectivity index is 1.87. The Morgan fingerprint density at radius 1 is 1.21 bits per heavy atom. The van der Waals surface area contributed by atoms with Crippen molar-refractivity contribution in [1.82, 2.24) is 10.6 Å². The maximum absolute atomic E-state index is 5.42. The third kappa shape index (κ3) is 3.61. The van der Waals surface area contributed by atoms with Crippen molar-refractivity contribution in [3.63, 3.8) is 0 Å². The van der Waals surface area contributed by atoms with Gasteiger partial charge in [-0.25, -0.2) is 0 Å². The predicted octanol–water partition coefficient (Wildman–Crippen LogP) is 1.85. The van der Waals surface area contributed by atoms with Crippen LogP contribution < -0.4 is 20.1 Å². The van der Waals surface area contributed by atoms with Gasteiger partial charge in [0.05, 0.1) is 0 Å². The molecule has 0 atom stereocenters. The Labute approximate surface area is 115 Å². The van der Waals surface area contributed by atoms with E-state index in [2.05, 4.69) is 43.5 Å². The van der Waals surface area contributed by atoms with Crippen molar-refractivity contribution in [3.8, 4) is 11.5 Å². The number of ether oxygens (including phenoxy) is 2. The first-order chi connectivity index (χ1) is 9.02. The second-order valence-electron chi connectivity index (χ2n) is 5.69. The van der Waals surface area contributed by atoms with E-state index in [-0.39, 0.29) is 5.54 Å². The van der Waals surface area contributed by atoms with E-state index in [4.69, 9.17) is 9.47 Å². The molecule has 1 aromatic carbocycles. The zero-order valence-corrected chi connectivity index (χ0v) is 12.3. The van der Waals surface area contributed by atoms with Crippen LogP contribution in [-0.4, -0.2) is 32.5 Å². The lowest BCUT2D eigenvalue weighted by molar-refractivity contribution is 0.174. The number of aryl methyl sites for hydroxylation is 1. The summed E-state index contributed by atoms with van der Waals surface area (Å²) < 4.78 is 10.8. The molecule has 1 aromatic rings. The van der Waals surface area contributed by atoms with E-state index in [1.165, 1.54) is 11.1 Å². The van der Waals surface area contributed by atoms with Crippen molar-refractivity contribution in [2.45, 2.75) is 32.7 Å². The Morgan fingerprint density at radius 3 is 2.58 bits per heavy atom. The minimum atomic E-state index is 0.129. The highest BCUT2D eigenvalue weighted by Gasteiger charge is 2.16. The van der Waals surface area contributed by atoms with E-state index in [0.717, 1.165) is 31.0 Å². The molecule has 19 heavy (non-hydrogen) atoms. The van der Waals surface area contributed by atoms with E-state index in [1.807, 2.05) is 7.05 Å². The molecule has 0 bridgehead atoms. The van der Waals surface area contributed by atoms with E-state index >= 15 is 0 Å². The monoisotopic (exact) mass is 264 g/mol. The topological polar surface area (TPSA) is 42.5 Å². The van der Waals surface area contributed by atoms with Crippen LogP contribution in [0.25, 0.3) is 0 Å². The van der Waals surface area contributed by atoms with Crippen LogP contribution in [0.15, 0.2) is 12.1 Å². The highest BCUT2D eigenvalue weighted by atomic mass is 16.7. The molecule has 1 aliphatic heterocycles. The van der Waals surface area contributed by atoms with Crippen LogP contribution in [0.4, 0.5) is 0 Å². The molecule has 1 aliphatic rings. The summed E-state index contributed by atoms with van der Waals surface area (Å²) in [5, 5.41) is 6.77. The molecule has 0 spiro atoms. The van der Waals surface area contributed by atoms with Gasteiger partial charge in [0.15, 0.2) is 11.5 Å². The average Bonchev–Trinajstić information content (AvgIpc) is 2.81. The molecule has 0 fully saturated rings. The first-order valence-corrected chi connectivity index (χ1v) is 6.80. The zero-order chi connectivity index (χ0) is 13.9. The zero-order valence-electron chi connectivity index (χ0n) is 12.3. The van der Waals surface area contributed by atoms with Gasteiger partial charge >= 0.3 is 0 Å². The third-order valence-corrected chi connectivity index (χ3v) is 3.65. The summed E-state index contributed by atoms with van der Waals surface area (Å²) in [6.07, 6.45) is 1.00. The van der Waals surface area contributed by atoms with Gasteiger partial charge in [-0.1, -0.05) is 0 Å². The molecule has 0 amide bonds. The second kappa shape index (κ2) is 5.80. The first kappa shape index (κ1) is 14.2. The van der Waals surface area contributed by atoms with Crippen LogP contribution in [0, 0.1) is 6.92 Å². The van der Waals surface area contributed by atoms with Crippen LogP contribution in [0.5, 0.6) is 11.5 Å². The minimum absolute atomic E-state index is 0.129. The Morgan fingerprint density at radius 2 is 1.89 bits per heavy atom. The van der Waals surface area contributed by atoms with Gasteiger partial charge in [-0.15, -0.1) is 0 Å². The number of rotatable bonds is 6. The van der Waals surface area contributed by atoms with E-state index < -0.39 is 0 Å². The van der Waals surface area contributed by atoms with Gasteiger partial charge < -0.3 is 20.1 Å². The van der Waals surface area contributed by atoms with Gasteiger partial charge in [-0.05, 0) is 64.0 Å². The van der Waals surface area contributed by atoms with Gasteiger partial charge in [0.25, 0.3) is 0 Å². The molecule has 1 heterocycles. The van der Waals surface area contributed by atoms with Crippen molar-refractivity contribution in [1.29, 1.82) is 0 Å². The van der Waals surface area contributed by atoms with Gasteiger partial charge in [-0.3, -0.25) is 0 Å². The van der Waals surface area contributed by atoms with Gasteiger partial charge in [0, 0.05) is 12.1 Å². The number of hydrogen-bond donors (Lipinski definition) is 2. The van der Waals surface area contributed by atoms with Crippen LogP contribution in [0.3, 0.4) is 0 Å². The predicted molar refractivity (Wildman–Crippen MR) is 77.0 cm³/mol. The van der Waals surface area contributed by atoms with Crippen molar-refractivity contribution in [2.75, 3.05) is 26.9 Å². The lowest BCUT2D eigenvalue weighted by Gasteiger charge is -2.24. The fourth-order valence-corrected chi connectivity index (χ4v) is 2.07. The summed E-state index contributed by atoms with van der Waals surface area (Å²) in [5.41, 5.74) is 2.71. The normalized spacial score (nSPS) is 13.9. The SMILES string of the molecule is CNC(C)(C)CNCCc1cc2c(cc1C)OCO2. The molecule has 0 aromatic heterocycles. The second-order valence-corrected chi connectivity index (χ2v) is 5.69. The van der Waals surface area contributed by atoms with Gasteiger partial charge in [-0.2, -0.15) is 0 Å². The molecule has 0 saturated carbocycles. The summed E-state index contributed by atoms with van der Waals surface area (Å²) in [7, 11) is 1.99. The fourth-order valence-electron chi connectivity index (χ4n) is 2.07. The molecule has 106 valence electrons. The Hall–Kier alpha value is -1.26. The lowest BCUT2D eigenvalue weighted by atomic mass is 10.0. The van der Waals surface area contributed by atoms with Crippen LogP contribution in [0.1, 0.15) is 25.0 Å². The molecule has 2 N–H and O–H groups in total. The van der Waals surface area contributed by atoms with Crippen LogP contribution in [-0.2, 0) is 6.42 Å². The number of nitrogens with one attached hydrogen (secondary N) is 2. The maximum Gasteiger partial charge on any atom is 0.231 e. The molecule has 4 heteroatoms. The number of likely N-dealkylation sites (N-methyl/N-ethyl adjacent to an activating group) is 1. The summed E-state index contributed by atoms with van der Waals surface area (Å²) >= 11 is 0. The van der Waals surface area contributed by atoms with E-state index in [9.17, 15) is 0 Å². The number of benzene rings is 1. The summed E-state index contributed by atoms with van der Waals surface area (Å²) in [5.74, 6) is 1.74. The van der Waals surface area contributed by atoms with Crippen molar-refractivity contribution >= 4 is 0 Å². The van der Waals surface area contributed by atoms with E-state index in [0.29, 0.717) is 6.79 Å². The van der Waals surface area contributed by atoms with E-state index in [1.54, 1.807) is 0 Å². The number of fused-ring (bicyclic) bond motifs is 1. The van der Waals surface area contributed by atoms with Gasteiger partial charge in [0.1, 0.15) is 0 Å². The molecular weight excluding hydrogens is 240 g/mol. The standard InChI is InChI=1S/C15H24N2O2/c1-11-7-13-14(19-10-18-13)8-12(11)5-6-17-9-15(2,3)16-4/h7-8,16-17H,5-6,9-10H2,1-4H3. The largest absolute Gasteiger partial charge is 0.454 e. The highest BCUT2D eigenvalue weighted by Crippen LogP contribution is 2.34. The van der Waals surface area contributed by atoms with Crippen LogP contribution >= 0.6 is 0 Å². The van der Waals surface area contributed by atoms with Crippen LogP contribution in [0.2, 0.25) is 0 Å². The maximum atomic E-state index is 5.42. The smallest absolute Gasteiger partial charge is 0.231 e. The van der Waals surface area contributed by atoms with Gasteiger partial charge in [0.2, 0.25) is 6.79 Å². The third-order valence-electron chi connectivity index (χ3n) is 3.65. The summed E-state index contributed by atoms with van der Waals surface area (Å²) in [6.45, 7) is 8.75. The summed E-state index contributed by atoms with van der Waals surface area (Å²) in [6, 6.07) is 4.16. The molecule has 0 unspecified atom stereocenters. The molecular formula is C15H24N2O2. The van der Waals surface area contributed by atoms with Crippen molar-refractivity contribution in [3.05, 3.63) is 23.3 Å². The average molecular weight is 264 g/mol. The summed E-state index contributed by atoms with van der Waals surface area (Å²) in [4.78, 5) is 0. The van der Waals surface area contributed by atoms with Crippen molar-refractivity contribution in [2.24, 2.45) is 0 Å². The molecule has 0 saturated heterocycles. The highest BCUT2D eigenvalue weighted by molar-refractivity contribution is 5.48. The molecule has 2 rings (SSSR count). The Bertz CT molecular complexity index is 444. The lowest BCUT2D eigenvalue weighted by Crippen LogP contribution is -2.46. The molecule has 4 nitrogen and oxygen atoms in total. The first-order valence-electron chi connectivity index (χ1n) is 6.80. The molecule has 0 radical (unpaired) electrons. The minimum Gasteiger partial charge on any atom is -0.454 e. The van der Waals surface area contributed by atoms with Crippen molar-refractivity contribution < 1.29 is 9.47 Å². The fraction of sp³-hybridized carbons (Fsp3) is 0.600. The quantitative estimate of drug-likeness (QED) is 0.770. The Kier molecular flexibility index (Phi) is 4.32.